The maximum atomic E-state index is 8.56. The quantitative estimate of drug-likeness (QED) is 0.239. The van der Waals surface area contributed by atoms with E-state index in [4.69, 9.17) is 60.0 Å². The van der Waals surface area contributed by atoms with Gasteiger partial charge in [-0.2, -0.15) is 0 Å². The Kier molecular flexibility index (Phi) is 83.1. The van der Waals surface area contributed by atoms with Crippen LogP contribution in [-0.4, -0.2) is 220 Å². The Hall–Kier alpha value is 1.99. The van der Waals surface area contributed by atoms with E-state index in [2.05, 4.69) is 0 Å². The molecule has 0 spiro atoms. The Labute approximate surface area is 233 Å². The first-order chi connectivity index (χ1) is 6.93. The summed E-state index contributed by atoms with van der Waals surface area (Å²) in [6.45, 7) is 0. The van der Waals surface area contributed by atoms with Crippen LogP contribution in [0.4, 0.5) is 19.2 Å². The topological polar surface area (TPSA) is 230 Å². The molecule has 0 heterocycles. The van der Waals surface area contributed by atoms with E-state index in [1.54, 1.807) is 0 Å². The molecule has 0 atom stereocenters. The van der Waals surface area contributed by atoms with Gasteiger partial charge in [0.05, 0.1) is 0 Å². The molecule has 12 nitrogen and oxygen atoms in total. The van der Waals surface area contributed by atoms with Gasteiger partial charge >= 0.3 is 179 Å². The van der Waals surface area contributed by atoms with Crippen molar-refractivity contribution in [2.24, 2.45) is 0 Å². The van der Waals surface area contributed by atoms with Crippen molar-refractivity contribution in [1.29, 1.82) is 0 Å². The van der Waals surface area contributed by atoms with E-state index in [9.17, 15) is 0 Å². The molecule has 0 aromatic rings. The molecule has 0 aliphatic rings. The van der Waals surface area contributed by atoms with Gasteiger partial charge in [-0.1, -0.05) is 0 Å². The molecule has 15 heteroatoms. The number of hydrogen-bond donors (Lipinski definition) is 8. The fourth-order valence-corrected chi connectivity index (χ4v) is 0. The molecule has 19 heavy (non-hydrogen) atoms. The summed E-state index contributed by atoms with van der Waals surface area (Å²) in [7, 11) is 0. The van der Waals surface area contributed by atoms with Crippen molar-refractivity contribution < 1.29 is 60.0 Å². The first-order valence-electron chi connectivity index (χ1n) is 2.61. The van der Waals surface area contributed by atoms with E-state index in [0.717, 1.165) is 0 Å². The van der Waals surface area contributed by atoms with Crippen molar-refractivity contribution >= 4 is 179 Å². The van der Waals surface area contributed by atoms with Crippen LogP contribution in [0.2, 0.25) is 0 Å². The Balaban J connectivity index is -0.0000000192. The maximum absolute atomic E-state index is 8.56. The third-order valence-electron chi connectivity index (χ3n) is 0. The molecule has 0 radical (unpaired) electrons. The minimum atomic E-state index is -1.83. The van der Waals surface area contributed by atoms with Gasteiger partial charge < -0.3 is 40.9 Å². The summed E-state index contributed by atoms with van der Waals surface area (Å²) in [6.07, 6.45) is -7.33. The number of hydrogen-bond acceptors (Lipinski definition) is 4. The van der Waals surface area contributed by atoms with Crippen LogP contribution in [-0.2, 0) is 0 Å². The average Bonchev–Trinajstić information content (AvgIpc) is 1.76. The molecular weight excluding hydrogens is 357 g/mol. The van der Waals surface area contributed by atoms with Crippen molar-refractivity contribution in [3.63, 3.8) is 0 Å². The van der Waals surface area contributed by atoms with Crippen molar-refractivity contribution in [3.8, 4) is 0 Å². The summed E-state index contributed by atoms with van der Waals surface area (Å²) in [5.41, 5.74) is 0. The molecule has 0 saturated carbocycles. The predicted octanol–water partition coefficient (Wildman–Crippen LogP) is -1.06. The normalized spacial score (nSPS) is 5.05. The molecule has 0 aliphatic heterocycles. The SMILES string of the molecule is O=C(O)O.O=C(O)O.O=C(O)O.O=C(O)O.[KH].[KH].[KH]. The third-order valence-corrected chi connectivity index (χ3v) is 0. The van der Waals surface area contributed by atoms with E-state index in [1.165, 1.54) is 0 Å². The molecule has 8 N–H and O–H groups in total. The molecule has 0 aromatic heterocycles. The second-order valence-corrected chi connectivity index (χ2v) is 1.13. The number of rotatable bonds is 0. The van der Waals surface area contributed by atoms with Crippen LogP contribution < -0.4 is 0 Å². The van der Waals surface area contributed by atoms with Gasteiger partial charge in [-0.05, 0) is 0 Å². The predicted molar refractivity (Wildman–Crippen MR) is 64.1 cm³/mol. The summed E-state index contributed by atoms with van der Waals surface area (Å²) in [6, 6.07) is 0. The summed E-state index contributed by atoms with van der Waals surface area (Å²) < 4.78 is 0. The van der Waals surface area contributed by atoms with E-state index < -0.39 is 24.6 Å². The molecular formula is C4H11K3O12. The zero-order chi connectivity index (χ0) is 14.3. The van der Waals surface area contributed by atoms with Gasteiger partial charge in [-0.25, -0.2) is 19.2 Å². The van der Waals surface area contributed by atoms with Crippen molar-refractivity contribution in [2.45, 2.75) is 0 Å². The van der Waals surface area contributed by atoms with Crippen LogP contribution >= 0.6 is 0 Å². The Bertz CT molecular complexity index is 165. The van der Waals surface area contributed by atoms with Gasteiger partial charge in [0.1, 0.15) is 0 Å². The molecule has 102 valence electrons. The van der Waals surface area contributed by atoms with Crippen LogP contribution in [0.3, 0.4) is 0 Å². The summed E-state index contributed by atoms with van der Waals surface area (Å²) in [4.78, 5) is 34.2. The zero-order valence-electron chi connectivity index (χ0n) is 7.21. The van der Waals surface area contributed by atoms with E-state index >= 15 is 0 Å². The Morgan fingerprint density at radius 3 is 0.368 bits per heavy atom. The fraction of sp³-hybridized carbons (Fsp3) is 0. The zero-order valence-corrected chi connectivity index (χ0v) is 7.21. The Morgan fingerprint density at radius 2 is 0.368 bits per heavy atom. The van der Waals surface area contributed by atoms with Gasteiger partial charge in [-0.15, -0.1) is 0 Å². The summed E-state index contributed by atoms with van der Waals surface area (Å²) in [5.74, 6) is 0. The third kappa shape index (κ3) is 1630. The van der Waals surface area contributed by atoms with Gasteiger partial charge in [0.2, 0.25) is 0 Å². The van der Waals surface area contributed by atoms with Crippen molar-refractivity contribution in [1.82, 2.24) is 0 Å². The Morgan fingerprint density at radius 1 is 0.368 bits per heavy atom. The van der Waals surface area contributed by atoms with Gasteiger partial charge in [0.25, 0.3) is 0 Å². The van der Waals surface area contributed by atoms with E-state index in [-0.39, 0.29) is 154 Å². The molecule has 0 saturated heterocycles. The monoisotopic (exact) mass is 368 g/mol. The first-order valence-corrected chi connectivity index (χ1v) is 2.61. The number of carbonyl (C=O) groups is 4. The van der Waals surface area contributed by atoms with Gasteiger partial charge in [0, 0.05) is 0 Å². The first kappa shape index (κ1) is 42.9. The minimum absolute atomic E-state index is 0. The molecule has 0 aromatic carbocycles. The van der Waals surface area contributed by atoms with Crippen LogP contribution in [0.5, 0.6) is 0 Å². The van der Waals surface area contributed by atoms with E-state index in [1.807, 2.05) is 0 Å². The fourth-order valence-electron chi connectivity index (χ4n) is 0. The number of carboxylic acid groups (broad SMARTS) is 8. The van der Waals surface area contributed by atoms with Gasteiger partial charge in [0.15, 0.2) is 0 Å². The summed E-state index contributed by atoms with van der Waals surface area (Å²) in [5, 5.41) is 55.8. The summed E-state index contributed by atoms with van der Waals surface area (Å²) >= 11 is 0. The van der Waals surface area contributed by atoms with Crippen molar-refractivity contribution in [2.75, 3.05) is 0 Å². The van der Waals surface area contributed by atoms with Crippen LogP contribution in [0.25, 0.3) is 0 Å². The van der Waals surface area contributed by atoms with Crippen LogP contribution in [0.15, 0.2) is 0 Å². The standard InChI is InChI=1S/4CH2O3.3K.3H/c4*2-1(3)4;;;;;;/h4*(H2,2,3,4);;;;;;. The van der Waals surface area contributed by atoms with Crippen molar-refractivity contribution in [3.05, 3.63) is 0 Å². The molecule has 0 fully saturated rings. The van der Waals surface area contributed by atoms with Gasteiger partial charge in [-0.3, -0.25) is 0 Å². The second-order valence-electron chi connectivity index (χ2n) is 1.13. The van der Waals surface area contributed by atoms with Crippen LogP contribution in [0.1, 0.15) is 0 Å². The second kappa shape index (κ2) is 36.8. The molecule has 0 aliphatic carbocycles. The van der Waals surface area contributed by atoms with Crippen LogP contribution in [0, 0.1) is 0 Å². The molecule has 0 amide bonds. The van der Waals surface area contributed by atoms with E-state index in [0.29, 0.717) is 0 Å². The molecule has 0 rings (SSSR count). The molecule has 0 unspecified atom stereocenters. The average molecular weight is 368 g/mol. The molecule has 0 bridgehead atoms.